The SMILES string of the molecule is COc1ccccc1C(=O)OCC(=O)N[C@H](C)c1cccc2ccccc12. The maximum atomic E-state index is 12.2. The fraction of sp³-hybridized carbons (Fsp3) is 0.182. The summed E-state index contributed by atoms with van der Waals surface area (Å²) in [5.74, 6) is -0.550. The standard InChI is InChI=1S/C22H21NO4/c1-15(17-12-7-9-16-8-3-4-10-18(16)17)23-21(24)14-27-22(25)19-11-5-6-13-20(19)26-2/h3-13,15H,14H2,1-2H3,(H,23,24)/t15-/m1/s1. The molecule has 0 bridgehead atoms. The maximum absolute atomic E-state index is 12.2. The van der Waals surface area contributed by atoms with Gasteiger partial charge in [-0.2, -0.15) is 0 Å². The lowest BCUT2D eigenvalue weighted by atomic mass is 10.00. The van der Waals surface area contributed by atoms with Crippen LogP contribution in [0.15, 0.2) is 66.7 Å². The normalized spacial score (nSPS) is 11.6. The third kappa shape index (κ3) is 4.26. The van der Waals surface area contributed by atoms with Crippen LogP contribution in [-0.2, 0) is 9.53 Å². The number of carbonyl (C=O) groups is 2. The summed E-state index contributed by atoms with van der Waals surface area (Å²) in [4.78, 5) is 24.4. The summed E-state index contributed by atoms with van der Waals surface area (Å²) in [5, 5.41) is 5.07. The highest BCUT2D eigenvalue weighted by molar-refractivity contribution is 5.94. The van der Waals surface area contributed by atoms with Crippen molar-refractivity contribution in [1.29, 1.82) is 0 Å². The first-order valence-corrected chi connectivity index (χ1v) is 8.67. The lowest BCUT2D eigenvalue weighted by molar-refractivity contribution is -0.124. The molecule has 0 aliphatic heterocycles. The highest BCUT2D eigenvalue weighted by Gasteiger charge is 2.16. The third-order valence-corrected chi connectivity index (χ3v) is 4.33. The molecule has 1 atom stereocenters. The highest BCUT2D eigenvalue weighted by atomic mass is 16.5. The van der Waals surface area contributed by atoms with Crippen LogP contribution in [0.25, 0.3) is 10.8 Å². The van der Waals surface area contributed by atoms with E-state index in [9.17, 15) is 9.59 Å². The Kier molecular flexibility index (Phi) is 5.71. The average Bonchev–Trinajstić information content (AvgIpc) is 2.71. The third-order valence-electron chi connectivity index (χ3n) is 4.33. The van der Waals surface area contributed by atoms with E-state index < -0.39 is 5.97 Å². The molecule has 1 N–H and O–H groups in total. The number of esters is 1. The lowest BCUT2D eigenvalue weighted by Crippen LogP contribution is -2.31. The number of nitrogens with one attached hydrogen (secondary N) is 1. The second-order valence-electron chi connectivity index (χ2n) is 6.13. The molecule has 3 aromatic rings. The molecule has 0 heterocycles. The van der Waals surface area contributed by atoms with Crippen LogP contribution in [0.1, 0.15) is 28.9 Å². The minimum absolute atomic E-state index is 0.214. The number of para-hydroxylation sites is 1. The largest absolute Gasteiger partial charge is 0.496 e. The summed E-state index contributed by atoms with van der Waals surface area (Å²) in [7, 11) is 1.48. The summed E-state index contributed by atoms with van der Waals surface area (Å²) < 4.78 is 10.3. The molecule has 3 rings (SSSR count). The van der Waals surface area contributed by atoms with Gasteiger partial charge in [0.25, 0.3) is 5.91 Å². The molecule has 5 heteroatoms. The Hall–Kier alpha value is -3.34. The van der Waals surface area contributed by atoms with E-state index in [4.69, 9.17) is 9.47 Å². The van der Waals surface area contributed by atoms with E-state index in [-0.39, 0.29) is 24.1 Å². The molecule has 0 unspecified atom stereocenters. The summed E-state index contributed by atoms with van der Waals surface area (Å²) >= 11 is 0. The quantitative estimate of drug-likeness (QED) is 0.675. The van der Waals surface area contributed by atoms with Gasteiger partial charge in [-0.25, -0.2) is 4.79 Å². The Bertz CT molecular complexity index is 962. The van der Waals surface area contributed by atoms with Crippen molar-refractivity contribution in [3.63, 3.8) is 0 Å². The Morgan fingerprint density at radius 2 is 1.67 bits per heavy atom. The molecule has 138 valence electrons. The monoisotopic (exact) mass is 363 g/mol. The highest BCUT2D eigenvalue weighted by Crippen LogP contribution is 2.24. The molecule has 0 fully saturated rings. The van der Waals surface area contributed by atoms with Gasteiger partial charge in [0.1, 0.15) is 11.3 Å². The molecule has 0 aliphatic carbocycles. The van der Waals surface area contributed by atoms with Crippen LogP contribution in [0.3, 0.4) is 0 Å². The Morgan fingerprint density at radius 1 is 0.963 bits per heavy atom. The van der Waals surface area contributed by atoms with Gasteiger partial charge in [-0.15, -0.1) is 0 Å². The van der Waals surface area contributed by atoms with Gasteiger partial charge in [0.2, 0.25) is 0 Å². The number of fused-ring (bicyclic) bond motifs is 1. The van der Waals surface area contributed by atoms with Gasteiger partial charge in [0.15, 0.2) is 6.61 Å². The van der Waals surface area contributed by atoms with Crippen molar-refractivity contribution in [2.24, 2.45) is 0 Å². The second kappa shape index (κ2) is 8.36. The van der Waals surface area contributed by atoms with Crippen LogP contribution in [0.4, 0.5) is 0 Å². The number of ether oxygens (including phenoxy) is 2. The average molecular weight is 363 g/mol. The number of carbonyl (C=O) groups excluding carboxylic acids is 2. The van der Waals surface area contributed by atoms with Crippen LogP contribution in [0.2, 0.25) is 0 Å². The predicted octanol–water partition coefficient (Wildman–Crippen LogP) is 3.88. The van der Waals surface area contributed by atoms with Gasteiger partial charge in [-0.1, -0.05) is 54.6 Å². The van der Waals surface area contributed by atoms with Crippen LogP contribution in [-0.4, -0.2) is 25.6 Å². The molecule has 0 aromatic heterocycles. The van der Waals surface area contributed by atoms with E-state index in [1.54, 1.807) is 24.3 Å². The van der Waals surface area contributed by atoms with E-state index >= 15 is 0 Å². The van der Waals surface area contributed by atoms with Crippen LogP contribution >= 0.6 is 0 Å². The van der Waals surface area contributed by atoms with Gasteiger partial charge in [0.05, 0.1) is 13.2 Å². The number of hydrogen-bond donors (Lipinski definition) is 1. The van der Waals surface area contributed by atoms with Crippen LogP contribution < -0.4 is 10.1 Å². The van der Waals surface area contributed by atoms with E-state index in [1.807, 2.05) is 49.4 Å². The van der Waals surface area contributed by atoms with Crippen LogP contribution in [0, 0.1) is 0 Å². The molecule has 0 radical (unpaired) electrons. The molecule has 1 amide bonds. The lowest BCUT2D eigenvalue weighted by Gasteiger charge is -2.17. The van der Waals surface area contributed by atoms with Crippen molar-refractivity contribution >= 4 is 22.6 Å². The number of methoxy groups -OCH3 is 1. The van der Waals surface area contributed by atoms with Gasteiger partial charge in [-0.05, 0) is 35.4 Å². The summed E-state index contributed by atoms with van der Waals surface area (Å²) in [6.45, 7) is 1.55. The van der Waals surface area contributed by atoms with Gasteiger partial charge in [-0.3, -0.25) is 4.79 Å². The molecular weight excluding hydrogens is 342 g/mol. The van der Waals surface area contributed by atoms with E-state index in [0.717, 1.165) is 16.3 Å². The number of rotatable bonds is 6. The zero-order valence-electron chi connectivity index (χ0n) is 15.3. The summed E-state index contributed by atoms with van der Waals surface area (Å²) in [6, 6.07) is 20.5. The molecule has 0 saturated heterocycles. The number of benzene rings is 3. The smallest absolute Gasteiger partial charge is 0.342 e. The van der Waals surface area contributed by atoms with Gasteiger partial charge < -0.3 is 14.8 Å². The minimum atomic E-state index is -0.597. The first-order valence-electron chi connectivity index (χ1n) is 8.67. The molecule has 0 spiro atoms. The zero-order valence-corrected chi connectivity index (χ0v) is 15.3. The molecule has 3 aromatic carbocycles. The first-order chi connectivity index (χ1) is 13.1. The summed E-state index contributed by atoms with van der Waals surface area (Å²) in [5.41, 5.74) is 1.30. The second-order valence-corrected chi connectivity index (χ2v) is 6.13. The van der Waals surface area contributed by atoms with Crippen molar-refractivity contribution < 1.29 is 19.1 Å². The molecule has 27 heavy (non-hydrogen) atoms. The topological polar surface area (TPSA) is 64.6 Å². The van der Waals surface area contributed by atoms with E-state index in [0.29, 0.717) is 5.75 Å². The van der Waals surface area contributed by atoms with Crippen LogP contribution in [0.5, 0.6) is 5.75 Å². The maximum Gasteiger partial charge on any atom is 0.342 e. The van der Waals surface area contributed by atoms with E-state index in [2.05, 4.69) is 5.32 Å². The molecule has 0 saturated carbocycles. The first kappa shape index (κ1) is 18.5. The van der Waals surface area contributed by atoms with Crippen molar-refractivity contribution in [1.82, 2.24) is 5.32 Å². The molecule has 5 nitrogen and oxygen atoms in total. The Balaban J connectivity index is 1.63. The molecular formula is C22H21NO4. The number of amides is 1. The van der Waals surface area contributed by atoms with Crippen molar-refractivity contribution in [3.8, 4) is 5.75 Å². The Labute approximate surface area is 157 Å². The van der Waals surface area contributed by atoms with Gasteiger partial charge in [0, 0.05) is 0 Å². The number of hydrogen-bond acceptors (Lipinski definition) is 4. The Morgan fingerprint density at radius 3 is 2.48 bits per heavy atom. The van der Waals surface area contributed by atoms with Gasteiger partial charge >= 0.3 is 5.97 Å². The fourth-order valence-corrected chi connectivity index (χ4v) is 3.01. The van der Waals surface area contributed by atoms with E-state index in [1.165, 1.54) is 7.11 Å². The summed E-state index contributed by atoms with van der Waals surface area (Å²) in [6.07, 6.45) is 0. The fourth-order valence-electron chi connectivity index (χ4n) is 3.01. The predicted molar refractivity (Wildman–Crippen MR) is 104 cm³/mol. The minimum Gasteiger partial charge on any atom is -0.496 e. The zero-order chi connectivity index (χ0) is 19.2. The van der Waals surface area contributed by atoms with Crippen molar-refractivity contribution in [3.05, 3.63) is 77.9 Å². The molecule has 0 aliphatic rings. The van der Waals surface area contributed by atoms with Crippen molar-refractivity contribution in [2.75, 3.05) is 13.7 Å². The van der Waals surface area contributed by atoms with Crippen molar-refractivity contribution in [2.45, 2.75) is 13.0 Å².